The maximum atomic E-state index is 13.6. The summed E-state index contributed by atoms with van der Waals surface area (Å²) in [7, 11) is 1.57. The SMILES string of the molecule is COc1nc(-c2cccc(-c3cccc(Nc4nc(C(F)(F)F)nc5cccnc45)c3C)c2Cl)ccc1CNC[C@@H]1CCC(=O)C1. The topological polar surface area (TPSA) is 102 Å². The van der Waals surface area contributed by atoms with Gasteiger partial charge in [0, 0.05) is 48.0 Å². The van der Waals surface area contributed by atoms with Crippen LogP contribution >= 0.6 is 11.6 Å². The van der Waals surface area contributed by atoms with Crippen LogP contribution in [0.5, 0.6) is 5.88 Å². The number of rotatable bonds is 9. The van der Waals surface area contributed by atoms with Gasteiger partial charge in [0.1, 0.15) is 11.3 Å². The number of aromatic nitrogens is 4. The smallest absolute Gasteiger partial charge is 0.451 e. The fourth-order valence-corrected chi connectivity index (χ4v) is 6.04. The van der Waals surface area contributed by atoms with Crippen molar-refractivity contribution in [1.29, 1.82) is 0 Å². The van der Waals surface area contributed by atoms with Gasteiger partial charge in [-0.25, -0.2) is 15.0 Å². The number of methoxy groups -OCH3 is 1. The van der Waals surface area contributed by atoms with Crippen molar-refractivity contribution in [3.05, 3.63) is 88.8 Å². The number of nitrogens with zero attached hydrogens (tertiary/aromatic N) is 4. The number of ketones is 1. The molecule has 8 nitrogen and oxygen atoms in total. The van der Waals surface area contributed by atoms with Gasteiger partial charge < -0.3 is 15.4 Å². The molecule has 3 aromatic heterocycles. The molecule has 0 spiro atoms. The Morgan fingerprint density at radius 2 is 1.76 bits per heavy atom. The lowest BCUT2D eigenvalue weighted by Crippen LogP contribution is -2.21. The van der Waals surface area contributed by atoms with E-state index in [0.29, 0.717) is 58.9 Å². The van der Waals surface area contributed by atoms with Crippen molar-refractivity contribution >= 4 is 39.9 Å². The minimum atomic E-state index is -4.73. The van der Waals surface area contributed by atoms with Gasteiger partial charge in [0.15, 0.2) is 5.82 Å². The first-order chi connectivity index (χ1) is 22.1. The van der Waals surface area contributed by atoms with Crippen LogP contribution in [0.3, 0.4) is 0 Å². The first-order valence-electron chi connectivity index (χ1n) is 14.7. The molecule has 3 heterocycles. The third-order valence-electron chi connectivity index (χ3n) is 8.09. The van der Waals surface area contributed by atoms with Crippen molar-refractivity contribution in [2.45, 2.75) is 38.9 Å². The van der Waals surface area contributed by atoms with Crippen LogP contribution in [0.15, 0.2) is 66.9 Å². The Morgan fingerprint density at radius 3 is 2.52 bits per heavy atom. The summed E-state index contributed by atoms with van der Waals surface area (Å²) in [5, 5.41) is 6.93. The molecule has 0 radical (unpaired) electrons. The van der Waals surface area contributed by atoms with Crippen LogP contribution in [0.2, 0.25) is 5.02 Å². The molecule has 0 bridgehead atoms. The summed E-state index contributed by atoms with van der Waals surface area (Å²) in [4.78, 5) is 28.0. The van der Waals surface area contributed by atoms with Gasteiger partial charge >= 0.3 is 6.18 Å². The minimum Gasteiger partial charge on any atom is -0.481 e. The highest BCUT2D eigenvalue weighted by molar-refractivity contribution is 6.36. The number of hydrogen-bond acceptors (Lipinski definition) is 8. The Bertz CT molecular complexity index is 1930. The molecule has 5 aromatic rings. The molecule has 1 aliphatic carbocycles. The minimum absolute atomic E-state index is 0.0550. The third kappa shape index (κ3) is 6.52. The van der Waals surface area contributed by atoms with E-state index in [0.717, 1.165) is 35.2 Å². The first-order valence-corrected chi connectivity index (χ1v) is 15.1. The van der Waals surface area contributed by atoms with Crippen LogP contribution in [0.25, 0.3) is 33.4 Å². The lowest BCUT2D eigenvalue weighted by atomic mass is 9.96. The van der Waals surface area contributed by atoms with Crippen LogP contribution < -0.4 is 15.4 Å². The van der Waals surface area contributed by atoms with Gasteiger partial charge in [-0.15, -0.1) is 0 Å². The van der Waals surface area contributed by atoms with Gasteiger partial charge in [-0.3, -0.25) is 9.78 Å². The first kappa shape index (κ1) is 31.4. The second kappa shape index (κ2) is 13.0. The number of carbonyl (C=O) groups excluding carboxylic acids is 1. The average molecular weight is 647 g/mol. The second-order valence-electron chi connectivity index (χ2n) is 11.2. The molecule has 12 heteroatoms. The number of fused-ring (bicyclic) bond motifs is 1. The number of Topliss-reactive ketones (excluding diaryl/α,β-unsaturated/α-hetero) is 1. The summed E-state index contributed by atoms with van der Waals surface area (Å²) in [5.41, 5.74) is 5.28. The van der Waals surface area contributed by atoms with Crippen molar-refractivity contribution in [3.8, 4) is 28.3 Å². The number of hydrogen-bond donors (Lipinski definition) is 2. The molecule has 6 rings (SSSR count). The van der Waals surface area contributed by atoms with Gasteiger partial charge in [0.25, 0.3) is 0 Å². The van der Waals surface area contributed by atoms with Gasteiger partial charge in [-0.2, -0.15) is 13.2 Å². The van der Waals surface area contributed by atoms with E-state index in [-0.39, 0.29) is 16.9 Å². The average Bonchev–Trinajstić information content (AvgIpc) is 3.46. The molecule has 1 fully saturated rings. The van der Waals surface area contributed by atoms with Gasteiger partial charge in [-0.05, 0) is 61.2 Å². The van der Waals surface area contributed by atoms with E-state index in [1.165, 1.54) is 18.3 Å². The summed E-state index contributed by atoms with van der Waals surface area (Å²) in [6.45, 7) is 3.16. The van der Waals surface area contributed by atoms with Crippen LogP contribution in [-0.2, 0) is 17.5 Å². The number of ether oxygens (including phenoxy) is 1. The molecule has 0 saturated heterocycles. The van der Waals surface area contributed by atoms with Gasteiger partial charge in [0.2, 0.25) is 11.7 Å². The monoisotopic (exact) mass is 646 g/mol. The zero-order chi connectivity index (χ0) is 32.4. The summed E-state index contributed by atoms with van der Waals surface area (Å²) in [6.07, 6.45) is -1.05. The lowest BCUT2D eigenvalue weighted by molar-refractivity contribution is -0.144. The maximum absolute atomic E-state index is 13.6. The highest BCUT2D eigenvalue weighted by atomic mass is 35.5. The summed E-state index contributed by atoms with van der Waals surface area (Å²) < 4.78 is 46.4. The third-order valence-corrected chi connectivity index (χ3v) is 8.50. The maximum Gasteiger partial charge on any atom is 0.451 e. The van der Waals surface area contributed by atoms with E-state index in [1.807, 2.05) is 43.3 Å². The predicted molar refractivity (Wildman–Crippen MR) is 171 cm³/mol. The molecule has 1 aliphatic rings. The van der Waals surface area contributed by atoms with Gasteiger partial charge in [-0.1, -0.05) is 48.0 Å². The number of carbonyl (C=O) groups is 1. The van der Waals surface area contributed by atoms with E-state index in [1.54, 1.807) is 19.2 Å². The normalized spacial score (nSPS) is 15.0. The molecule has 0 unspecified atom stereocenters. The molecule has 0 aliphatic heterocycles. The quantitative estimate of drug-likeness (QED) is 0.166. The highest BCUT2D eigenvalue weighted by Gasteiger charge is 2.36. The number of halogens is 4. The molecule has 46 heavy (non-hydrogen) atoms. The summed E-state index contributed by atoms with van der Waals surface area (Å²) in [5.74, 6) is -0.154. The molecule has 2 aromatic carbocycles. The number of anilines is 2. The van der Waals surface area contributed by atoms with E-state index < -0.39 is 12.0 Å². The molecule has 1 saturated carbocycles. The Morgan fingerprint density at radius 1 is 0.978 bits per heavy atom. The zero-order valence-electron chi connectivity index (χ0n) is 25.1. The Labute approximate surface area is 268 Å². The number of nitrogens with one attached hydrogen (secondary N) is 2. The van der Waals surface area contributed by atoms with Crippen molar-refractivity contribution in [2.75, 3.05) is 19.0 Å². The standard InChI is InChI=1S/C34H30ClF3N6O2/c1-19-23(6-4-9-26(19)41-31-30-28(10-5-15-40-30)43-33(44-31)34(36,37)38)24-7-3-8-25(29(24)35)27-14-12-21(32(42-27)46-2)18-39-17-20-11-13-22(45)16-20/h3-10,12,14-15,20,39H,11,13,16-18H2,1-2H3,(H,41,43,44)/t20-/m1/s1. The fourth-order valence-electron chi connectivity index (χ4n) is 5.72. The number of benzene rings is 2. The second-order valence-corrected chi connectivity index (χ2v) is 11.6. The Balaban J connectivity index is 1.29. The molecule has 1 atom stereocenters. The van der Waals surface area contributed by atoms with Crippen LogP contribution in [0, 0.1) is 12.8 Å². The molecule has 236 valence electrons. The number of alkyl halides is 3. The van der Waals surface area contributed by atoms with Crippen LogP contribution in [0.4, 0.5) is 24.7 Å². The molecular formula is C34H30ClF3N6O2. The van der Waals surface area contributed by atoms with Gasteiger partial charge in [0.05, 0.1) is 23.3 Å². The molecular weight excluding hydrogens is 617 g/mol. The van der Waals surface area contributed by atoms with E-state index in [9.17, 15) is 18.0 Å². The largest absolute Gasteiger partial charge is 0.481 e. The fraction of sp³-hybridized carbons (Fsp3) is 0.265. The molecule has 0 amide bonds. The zero-order valence-corrected chi connectivity index (χ0v) is 25.8. The highest BCUT2D eigenvalue weighted by Crippen LogP contribution is 2.40. The summed E-state index contributed by atoms with van der Waals surface area (Å²) in [6, 6.07) is 17.9. The Hall–Kier alpha value is -4.61. The van der Waals surface area contributed by atoms with Crippen molar-refractivity contribution in [2.24, 2.45) is 5.92 Å². The lowest BCUT2D eigenvalue weighted by Gasteiger charge is -2.17. The van der Waals surface area contributed by atoms with Crippen LogP contribution in [-0.4, -0.2) is 39.4 Å². The van der Waals surface area contributed by atoms with Crippen molar-refractivity contribution in [3.63, 3.8) is 0 Å². The Kier molecular flexibility index (Phi) is 8.88. The predicted octanol–water partition coefficient (Wildman–Crippen LogP) is 7.95. The number of pyridine rings is 2. The van der Waals surface area contributed by atoms with Crippen molar-refractivity contribution < 1.29 is 22.7 Å². The van der Waals surface area contributed by atoms with E-state index in [4.69, 9.17) is 21.3 Å². The van der Waals surface area contributed by atoms with Crippen molar-refractivity contribution in [1.82, 2.24) is 25.3 Å². The van der Waals surface area contributed by atoms with E-state index in [2.05, 4.69) is 25.6 Å². The summed E-state index contributed by atoms with van der Waals surface area (Å²) >= 11 is 7.02. The molecule has 2 N–H and O–H groups in total. The van der Waals surface area contributed by atoms with Crippen LogP contribution in [0.1, 0.15) is 36.2 Å². The van der Waals surface area contributed by atoms with E-state index >= 15 is 0 Å².